The number of nitrogens with one attached hydrogen (secondary N) is 1. The molecule has 2 atom stereocenters. The second-order valence-corrected chi connectivity index (χ2v) is 11.0. The van der Waals surface area contributed by atoms with Gasteiger partial charge >= 0.3 is 0 Å². The van der Waals surface area contributed by atoms with E-state index in [2.05, 4.69) is 47.6 Å². The van der Waals surface area contributed by atoms with Gasteiger partial charge in [-0.05, 0) is 68.1 Å². The van der Waals surface area contributed by atoms with Crippen LogP contribution >= 0.6 is 0 Å². The lowest BCUT2D eigenvalue weighted by Gasteiger charge is -2.18. The fourth-order valence-corrected chi connectivity index (χ4v) is 5.03. The predicted molar refractivity (Wildman–Crippen MR) is 135 cm³/mol. The first-order chi connectivity index (χ1) is 16.1. The van der Waals surface area contributed by atoms with E-state index in [0.717, 1.165) is 40.3 Å². The summed E-state index contributed by atoms with van der Waals surface area (Å²) in [6, 6.07) is 15.4. The third-order valence-electron chi connectivity index (χ3n) is 5.72. The Bertz CT molecular complexity index is 1300. The number of hydrogen-bond acceptors (Lipinski definition) is 6. The lowest BCUT2D eigenvalue weighted by Crippen LogP contribution is -2.20. The normalized spacial score (nSPS) is 17.3. The zero-order valence-electron chi connectivity index (χ0n) is 20.2. The second-order valence-electron chi connectivity index (χ2n) is 9.20. The van der Waals surface area contributed by atoms with Crippen LogP contribution in [0, 0.1) is 0 Å². The average Bonchev–Trinajstić information content (AvgIpc) is 3.26. The Kier molecular flexibility index (Phi) is 6.84. The zero-order chi connectivity index (χ0) is 24.5. The Labute approximate surface area is 201 Å². The molecule has 2 heterocycles. The average molecular weight is 481 g/mol. The number of rotatable bonds is 6. The van der Waals surface area contributed by atoms with E-state index in [1.165, 1.54) is 0 Å². The van der Waals surface area contributed by atoms with Crippen molar-refractivity contribution >= 4 is 9.92 Å². The molecule has 1 aliphatic heterocycles. The van der Waals surface area contributed by atoms with Crippen LogP contribution in [-0.2, 0) is 16.5 Å². The number of hydrogen-bond donors (Lipinski definition) is 2. The molecule has 8 heteroatoms. The Balaban J connectivity index is 1.69. The Hall–Kier alpha value is -3.07. The van der Waals surface area contributed by atoms with E-state index in [4.69, 9.17) is 14.4 Å². The predicted octanol–water partition coefficient (Wildman–Crippen LogP) is 5.37. The van der Waals surface area contributed by atoms with E-state index in [1.807, 2.05) is 44.4 Å². The highest BCUT2D eigenvalue weighted by Gasteiger charge is 2.24. The molecule has 180 valence electrons. The topological polar surface area (TPSA) is 93.1 Å². The van der Waals surface area contributed by atoms with Crippen LogP contribution < -0.4 is 15.5 Å². The number of nitrogens with zero attached hydrogens (tertiary/aromatic N) is 2. The number of fused-ring (bicyclic) bond motifs is 1. The molecule has 0 bridgehead atoms. The largest absolute Gasteiger partial charge is 0.464 e. The minimum Gasteiger partial charge on any atom is -0.464 e. The SMILES string of the molecule is CC(C)c1cc(-c2ccco2)cc2c1ONC(N=S(N)(=O)c1ccc(CN(C)C)cc1)=CC2C. The number of allylic oxidation sites excluding steroid dienone is 1. The summed E-state index contributed by atoms with van der Waals surface area (Å²) in [6.07, 6.45) is 3.55. The number of furan rings is 1. The molecule has 0 saturated carbocycles. The van der Waals surface area contributed by atoms with Crippen molar-refractivity contribution in [2.24, 2.45) is 9.50 Å². The molecule has 0 saturated heterocycles. The third kappa shape index (κ3) is 5.19. The summed E-state index contributed by atoms with van der Waals surface area (Å²) in [5.41, 5.74) is 7.01. The van der Waals surface area contributed by atoms with Gasteiger partial charge < -0.3 is 14.2 Å². The van der Waals surface area contributed by atoms with E-state index >= 15 is 0 Å². The molecule has 3 aromatic rings. The van der Waals surface area contributed by atoms with E-state index in [-0.39, 0.29) is 11.8 Å². The molecule has 4 rings (SSSR count). The summed E-state index contributed by atoms with van der Waals surface area (Å²) in [6.45, 7) is 7.07. The van der Waals surface area contributed by atoms with Crippen molar-refractivity contribution in [3.05, 3.63) is 83.4 Å². The van der Waals surface area contributed by atoms with Gasteiger partial charge in [0.05, 0.1) is 11.2 Å². The Morgan fingerprint density at radius 1 is 1.18 bits per heavy atom. The maximum Gasteiger partial charge on any atom is 0.167 e. The molecule has 0 aliphatic carbocycles. The lowest BCUT2D eigenvalue weighted by atomic mass is 9.90. The highest BCUT2D eigenvalue weighted by atomic mass is 32.2. The smallest absolute Gasteiger partial charge is 0.167 e. The van der Waals surface area contributed by atoms with Crippen molar-refractivity contribution in [1.29, 1.82) is 0 Å². The van der Waals surface area contributed by atoms with Crippen LogP contribution in [0.5, 0.6) is 5.75 Å². The summed E-state index contributed by atoms with van der Waals surface area (Å²) in [7, 11) is 0.835. The van der Waals surface area contributed by atoms with Crippen LogP contribution in [0.2, 0.25) is 0 Å². The standard InChI is InChI=1S/C26H32N4O3S/c1-17(2)22-14-20(24-7-6-12-32-24)15-23-18(3)13-25(28-33-26(22)23)29-34(27,31)21-10-8-19(9-11-21)16-30(4)5/h6-15,17-18,28H,16H2,1-5H3,(H2,27,29,31). The van der Waals surface area contributed by atoms with E-state index in [9.17, 15) is 4.21 Å². The third-order valence-corrected chi connectivity index (χ3v) is 7.14. The minimum atomic E-state index is -3.17. The van der Waals surface area contributed by atoms with Crippen LogP contribution in [0.4, 0.5) is 0 Å². The molecule has 7 nitrogen and oxygen atoms in total. The molecular weight excluding hydrogens is 448 g/mol. The molecule has 0 spiro atoms. The lowest BCUT2D eigenvalue weighted by molar-refractivity contribution is 0.226. The first kappa shape index (κ1) is 24.1. The van der Waals surface area contributed by atoms with Gasteiger partial charge in [-0.2, -0.15) is 4.36 Å². The molecule has 1 aliphatic rings. The van der Waals surface area contributed by atoms with Gasteiger partial charge in [0.15, 0.2) is 11.6 Å². The fourth-order valence-electron chi connectivity index (χ4n) is 4.01. The molecule has 34 heavy (non-hydrogen) atoms. The van der Waals surface area contributed by atoms with Crippen molar-refractivity contribution in [1.82, 2.24) is 10.4 Å². The number of hydroxylamine groups is 1. The van der Waals surface area contributed by atoms with Gasteiger partial charge in [-0.25, -0.2) is 14.8 Å². The van der Waals surface area contributed by atoms with Gasteiger partial charge in [0, 0.05) is 29.2 Å². The van der Waals surface area contributed by atoms with E-state index in [1.54, 1.807) is 18.4 Å². The Morgan fingerprint density at radius 3 is 2.53 bits per heavy atom. The van der Waals surface area contributed by atoms with Crippen molar-refractivity contribution in [2.75, 3.05) is 14.1 Å². The van der Waals surface area contributed by atoms with Gasteiger partial charge in [0.2, 0.25) is 0 Å². The first-order valence-electron chi connectivity index (χ1n) is 11.3. The van der Waals surface area contributed by atoms with Crippen molar-refractivity contribution in [3.63, 3.8) is 0 Å². The molecule has 0 radical (unpaired) electrons. The van der Waals surface area contributed by atoms with Crippen LogP contribution in [0.25, 0.3) is 11.3 Å². The minimum absolute atomic E-state index is 0.0613. The maximum absolute atomic E-state index is 13.3. The summed E-state index contributed by atoms with van der Waals surface area (Å²) >= 11 is 0. The highest BCUT2D eigenvalue weighted by Crippen LogP contribution is 2.40. The Morgan fingerprint density at radius 2 is 1.91 bits per heavy atom. The van der Waals surface area contributed by atoms with Crippen LogP contribution in [0.15, 0.2) is 80.4 Å². The summed E-state index contributed by atoms with van der Waals surface area (Å²) in [4.78, 5) is 8.55. The van der Waals surface area contributed by atoms with Crippen molar-refractivity contribution < 1.29 is 13.5 Å². The number of benzene rings is 2. The summed E-state index contributed by atoms with van der Waals surface area (Å²) in [5.74, 6) is 2.04. The van der Waals surface area contributed by atoms with Gasteiger partial charge in [0.25, 0.3) is 0 Å². The summed E-state index contributed by atoms with van der Waals surface area (Å²) < 4.78 is 23.3. The zero-order valence-corrected chi connectivity index (χ0v) is 21.1. The van der Waals surface area contributed by atoms with Crippen LogP contribution in [-0.4, -0.2) is 23.2 Å². The molecule has 0 amide bonds. The molecule has 0 fully saturated rings. The quantitative estimate of drug-likeness (QED) is 0.494. The molecule has 2 unspecified atom stereocenters. The van der Waals surface area contributed by atoms with Crippen molar-refractivity contribution in [2.45, 2.75) is 44.0 Å². The molecular formula is C26H32N4O3S. The monoisotopic (exact) mass is 480 g/mol. The molecule has 1 aromatic heterocycles. The molecule has 3 N–H and O–H groups in total. The summed E-state index contributed by atoms with van der Waals surface area (Å²) in [5, 5.41) is 6.19. The van der Waals surface area contributed by atoms with E-state index < -0.39 is 9.92 Å². The number of nitrogens with two attached hydrogens (primary N) is 1. The van der Waals surface area contributed by atoms with Gasteiger partial charge in [-0.3, -0.25) is 0 Å². The van der Waals surface area contributed by atoms with Crippen LogP contribution in [0.3, 0.4) is 0 Å². The molecule has 2 aromatic carbocycles. The van der Waals surface area contributed by atoms with Crippen molar-refractivity contribution in [3.8, 4) is 17.1 Å². The second kappa shape index (κ2) is 9.66. The maximum atomic E-state index is 13.3. The first-order valence-corrected chi connectivity index (χ1v) is 12.9. The van der Waals surface area contributed by atoms with Gasteiger partial charge in [0.1, 0.15) is 15.7 Å². The van der Waals surface area contributed by atoms with Crippen LogP contribution in [0.1, 0.15) is 49.3 Å². The van der Waals surface area contributed by atoms with E-state index in [0.29, 0.717) is 10.7 Å². The van der Waals surface area contributed by atoms with Gasteiger partial charge in [-0.15, -0.1) is 0 Å². The fraction of sp³-hybridized carbons (Fsp3) is 0.308. The van der Waals surface area contributed by atoms with Gasteiger partial charge in [-0.1, -0.05) is 32.9 Å². The highest BCUT2D eigenvalue weighted by molar-refractivity contribution is 7.91.